The fourth-order valence-corrected chi connectivity index (χ4v) is 4.52. The first-order chi connectivity index (χ1) is 19.4. The first kappa shape index (κ1) is 24.9. The van der Waals surface area contributed by atoms with Gasteiger partial charge in [-0.05, 0) is 37.3 Å². The number of aromatic amines is 2. The fourth-order valence-electron chi connectivity index (χ4n) is 4.35. The highest BCUT2D eigenvalue weighted by Gasteiger charge is 2.23. The summed E-state index contributed by atoms with van der Waals surface area (Å²) in [5.74, 6) is -1.14. The van der Waals surface area contributed by atoms with Crippen LogP contribution in [0.25, 0.3) is 33.6 Å². The summed E-state index contributed by atoms with van der Waals surface area (Å²) in [7, 11) is 0. The van der Waals surface area contributed by atoms with Crippen molar-refractivity contribution in [3.63, 3.8) is 0 Å². The van der Waals surface area contributed by atoms with Gasteiger partial charge in [0, 0.05) is 21.5 Å². The third-order valence-corrected chi connectivity index (χ3v) is 6.44. The molecule has 0 aliphatic heterocycles. The van der Waals surface area contributed by atoms with E-state index in [1.54, 1.807) is 43.3 Å². The van der Waals surface area contributed by atoms with Crippen molar-refractivity contribution in [3.05, 3.63) is 105 Å². The summed E-state index contributed by atoms with van der Waals surface area (Å²) in [6, 6.07) is 20.9. The molecule has 0 aliphatic rings. The van der Waals surface area contributed by atoms with Crippen LogP contribution in [0, 0.1) is 6.92 Å². The smallest absolute Gasteiger partial charge is 0.355 e. The number of anilines is 2. The van der Waals surface area contributed by atoms with Crippen LogP contribution in [0.2, 0.25) is 5.02 Å². The number of hydrogen-bond donors (Lipinski definition) is 4. The number of para-hydroxylation sites is 1. The number of rotatable bonds is 6. The van der Waals surface area contributed by atoms with Crippen LogP contribution in [-0.2, 0) is 0 Å². The van der Waals surface area contributed by atoms with Crippen molar-refractivity contribution < 1.29 is 18.6 Å². The lowest BCUT2D eigenvalue weighted by molar-refractivity contribution is 0.101. The van der Waals surface area contributed by atoms with Gasteiger partial charge < -0.3 is 20.1 Å². The van der Waals surface area contributed by atoms with Crippen molar-refractivity contribution in [1.29, 1.82) is 0 Å². The molecule has 0 fully saturated rings. The topological polar surface area (TPSA) is 159 Å². The lowest BCUT2D eigenvalue weighted by Gasteiger charge is -2.09. The molecule has 0 bridgehead atoms. The van der Waals surface area contributed by atoms with Crippen molar-refractivity contribution >= 4 is 45.7 Å². The molecule has 0 radical (unpaired) electrons. The summed E-state index contributed by atoms with van der Waals surface area (Å²) < 4.78 is 10.0. The molecule has 0 saturated carbocycles. The van der Waals surface area contributed by atoms with E-state index in [9.17, 15) is 14.4 Å². The van der Waals surface area contributed by atoms with Crippen LogP contribution in [-0.4, -0.2) is 32.1 Å². The van der Waals surface area contributed by atoms with E-state index < -0.39 is 17.6 Å². The van der Waals surface area contributed by atoms with Gasteiger partial charge in [-0.1, -0.05) is 64.4 Å². The number of aromatic nitrogens is 4. The second kappa shape index (κ2) is 10.0. The van der Waals surface area contributed by atoms with Crippen molar-refractivity contribution in [1.82, 2.24) is 20.3 Å². The molecule has 4 N–H and O–H groups in total. The number of carbonyl (C=O) groups is 2. The number of aryl methyl sites for hydroxylation is 1. The molecule has 0 spiro atoms. The van der Waals surface area contributed by atoms with E-state index in [2.05, 4.69) is 35.4 Å². The Kier molecular flexibility index (Phi) is 6.25. The molecule has 0 saturated heterocycles. The van der Waals surface area contributed by atoms with Gasteiger partial charge in [-0.3, -0.25) is 19.1 Å². The quantitative estimate of drug-likeness (QED) is 0.207. The van der Waals surface area contributed by atoms with Crippen LogP contribution in [0.15, 0.2) is 86.6 Å². The van der Waals surface area contributed by atoms with Gasteiger partial charge in [0.05, 0.1) is 22.6 Å². The molecule has 6 rings (SSSR count). The predicted octanol–water partition coefficient (Wildman–Crippen LogP) is 5.63. The van der Waals surface area contributed by atoms with E-state index in [-0.39, 0.29) is 11.5 Å². The zero-order chi connectivity index (χ0) is 27.8. The molecule has 0 atom stereocenters. The monoisotopic (exact) mass is 554 g/mol. The Hall–Kier alpha value is -5.42. The van der Waals surface area contributed by atoms with Crippen LogP contribution >= 0.6 is 11.6 Å². The second-order valence-corrected chi connectivity index (χ2v) is 9.27. The minimum Gasteiger partial charge on any atom is -0.355 e. The van der Waals surface area contributed by atoms with Crippen molar-refractivity contribution in [2.24, 2.45) is 0 Å². The zero-order valence-electron chi connectivity index (χ0n) is 20.7. The fraction of sp³-hybridized carbons (Fsp3) is 0.0357. The van der Waals surface area contributed by atoms with Gasteiger partial charge in [0.15, 0.2) is 11.6 Å². The van der Waals surface area contributed by atoms with Gasteiger partial charge in [0.25, 0.3) is 11.8 Å². The average Bonchev–Trinajstić information content (AvgIpc) is 3.68. The third kappa shape index (κ3) is 4.65. The van der Waals surface area contributed by atoms with Crippen molar-refractivity contribution in [2.75, 3.05) is 10.6 Å². The van der Waals surface area contributed by atoms with Gasteiger partial charge in [-0.25, -0.2) is 4.79 Å². The van der Waals surface area contributed by atoms with E-state index in [0.29, 0.717) is 49.9 Å². The number of carbonyl (C=O) groups excluding carboxylic acids is 2. The third-order valence-electron chi connectivity index (χ3n) is 6.20. The molecule has 3 aromatic carbocycles. The molecule has 3 aromatic heterocycles. The van der Waals surface area contributed by atoms with Gasteiger partial charge >= 0.3 is 5.76 Å². The Morgan fingerprint density at radius 1 is 0.850 bits per heavy atom. The first-order valence-corrected chi connectivity index (χ1v) is 12.4. The lowest BCUT2D eigenvalue weighted by atomic mass is 10.1. The van der Waals surface area contributed by atoms with Gasteiger partial charge in [-0.2, -0.15) is 0 Å². The summed E-state index contributed by atoms with van der Waals surface area (Å²) in [6.45, 7) is 1.70. The highest BCUT2D eigenvalue weighted by atomic mass is 35.5. The number of fused-ring (bicyclic) bond motifs is 1. The summed E-state index contributed by atoms with van der Waals surface area (Å²) in [4.78, 5) is 43.6. The molecule has 12 heteroatoms. The number of benzene rings is 3. The Bertz CT molecular complexity index is 1950. The largest absolute Gasteiger partial charge is 0.439 e. The molecule has 11 nitrogen and oxygen atoms in total. The van der Waals surface area contributed by atoms with Gasteiger partial charge in [0.2, 0.25) is 0 Å². The van der Waals surface area contributed by atoms with Crippen molar-refractivity contribution in [3.8, 4) is 22.7 Å². The number of nitrogens with zero attached hydrogens (tertiary/aromatic N) is 2. The SMILES string of the molecule is Cc1noc(-c2ccccc2)c1C(=O)Nc1cccc2cc(C(=O)Nc3ccc(Cl)cc3-c3noc(=O)[nH]3)[nH]c12. The minimum absolute atomic E-state index is 0.114. The van der Waals surface area contributed by atoms with Gasteiger partial charge in [-0.15, -0.1) is 0 Å². The summed E-state index contributed by atoms with van der Waals surface area (Å²) in [5.41, 5.74) is 3.45. The van der Waals surface area contributed by atoms with E-state index >= 15 is 0 Å². The first-order valence-electron chi connectivity index (χ1n) is 12.0. The van der Waals surface area contributed by atoms with E-state index in [1.807, 2.05) is 36.4 Å². The molecule has 0 aliphatic carbocycles. The molecule has 40 heavy (non-hydrogen) atoms. The van der Waals surface area contributed by atoms with Crippen LogP contribution in [0.1, 0.15) is 26.5 Å². The maximum Gasteiger partial charge on any atom is 0.439 e. The molecule has 198 valence electrons. The lowest BCUT2D eigenvalue weighted by Crippen LogP contribution is -2.14. The maximum absolute atomic E-state index is 13.4. The van der Waals surface area contributed by atoms with Crippen molar-refractivity contribution in [2.45, 2.75) is 6.92 Å². The maximum atomic E-state index is 13.4. The normalized spacial score (nSPS) is 11.1. The highest BCUT2D eigenvalue weighted by Crippen LogP contribution is 2.31. The molecular weight excluding hydrogens is 536 g/mol. The highest BCUT2D eigenvalue weighted by molar-refractivity contribution is 6.31. The number of hydrogen-bond acceptors (Lipinski definition) is 7. The van der Waals surface area contributed by atoms with E-state index in [0.717, 1.165) is 5.56 Å². The number of amides is 2. The minimum atomic E-state index is -0.741. The standard InChI is InChI=1S/C28H19ClN6O5/c1-14-22(24(39-34-14)15-6-3-2-4-7-15)27(37)32-20-9-5-8-16-12-21(30-23(16)20)26(36)31-19-11-10-17(29)13-18(19)25-33-28(38)40-35-25/h2-13,30H,1H3,(H,31,36)(H,32,37)(H,33,35,38). The number of H-pyrrole nitrogens is 2. The summed E-state index contributed by atoms with van der Waals surface area (Å²) >= 11 is 6.12. The molecular formula is C28H19ClN6O5. The van der Waals surface area contributed by atoms with Gasteiger partial charge in [0.1, 0.15) is 11.3 Å². The van der Waals surface area contributed by atoms with Crippen LogP contribution in [0.3, 0.4) is 0 Å². The van der Waals surface area contributed by atoms with Crippen LogP contribution in [0.5, 0.6) is 0 Å². The van der Waals surface area contributed by atoms with Crippen LogP contribution in [0.4, 0.5) is 11.4 Å². The van der Waals surface area contributed by atoms with E-state index in [1.165, 1.54) is 0 Å². The Morgan fingerprint density at radius 2 is 1.65 bits per heavy atom. The Balaban J connectivity index is 1.29. The molecule has 0 unspecified atom stereocenters. The number of halogens is 1. The second-order valence-electron chi connectivity index (χ2n) is 8.83. The van der Waals surface area contributed by atoms with Crippen LogP contribution < -0.4 is 16.4 Å². The van der Waals surface area contributed by atoms with E-state index in [4.69, 9.17) is 16.1 Å². The Labute approximate surface area is 230 Å². The number of nitrogens with one attached hydrogen (secondary N) is 4. The zero-order valence-corrected chi connectivity index (χ0v) is 21.5. The molecule has 3 heterocycles. The molecule has 2 amide bonds. The summed E-state index contributed by atoms with van der Waals surface area (Å²) in [5, 5.41) is 14.5. The Morgan fingerprint density at radius 3 is 2.42 bits per heavy atom. The summed E-state index contributed by atoms with van der Waals surface area (Å²) in [6.07, 6.45) is 0. The predicted molar refractivity (Wildman–Crippen MR) is 148 cm³/mol. The average molecular weight is 555 g/mol. The molecule has 6 aromatic rings.